The van der Waals surface area contributed by atoms with E-state index in [2.05, 4.69) is 15.5 Å². The third-order valence-electron chi connectivity index (χ3n) is 5.89. The van der Waals surface area contributed by atoms with E-state index in [0.29, 0.717) is 11.9 Å². The summed E-state index contributed by atoms with van der Waals surface area (Å²) < 4.78 is 0. The number of hydrogen-bond acceptors (Lipinski definition) is 3. The number of nitrogens with zero attached hydrogens (tertiary/aromatic N) is 1. The van der Waals surface area contributed by atoms with Crippen LogP contribution in [0, 0.1) is 11.8 Å². The average molecular weight is 344 g/mol. The molecule has 0 aromatic carbocycles. The van der Waals surface area contributed by atoms with Gasteiger partial charge in [0, 0.05) is 18.5 Å². The predicted octanol–water partition coefficient (Wildman–Crippen LogP) is 2.57. The molecule has 134 valence electrons. The maximum Gasteiger partial charge on any atom is 0.223 e. The maximum absolute atomic E-state index is 12.4. The quantitative estimate of drug-likeness (QED) is 0.824. The molecule has 4 nitrogen and oxygen atoms in total. The van der Waals surface area contributed by atoms with Gasteiger partial charge < -0.3 is 15.5 Å². The van der Waals surface area contributed by atoms with E-state index in [4.69, 9.17) is 0 Å². The van der Waals surface area contributed by atoms with Crippen LogP contribution in [-0.4, -0.2) is 49.6 Å². The van der Waals surface area contributed by atoms with E-state index in [1.54, 1.807) is 0 Å². The molecule has 0 atom stereocenters. The summed E-state index contributed by atoms with van der Waals surface area (Å²) in [7, 11) is 0. The van der Waals surface area contributed by atoms with E-state index in [1.165, 1.54) is 64.6 Å². The Kier molecular flexibility index (Phi) is 8.14. The molecule has 1 aliphatic carbocycles. The second kappa shape index (κ2) is 9.85. The average Bonchev–Trinajstić information content (AvgIpc) is 2.57. The fourth-order valence-electron chi connectivity index (χ4n) is 4.37. The Bertz CT molecular complexity index is 346. The lowest BCUT2D eigenvalue weighted by Crippen LogP contribution is -2.45. The van der Waals surface area contributed by atoms with Gasteiger partial charge in [-0.15, -0.1) is 12.4 Å². The van der Waals surface area contributed by atoms with Crippen LogP contribution in [0.15, 0.2) is 0 Å². The van der Waals surface area contributed by atoms with Crippen molar-refractivity contribution in [2.75, 3.05) is 32.7 Å². The zero-order valence-corrected chi connectivity index (χ0v) is 15.2. The molecule has 0 unspecified atom stereocenters. The van der Waals surface area contributed by atoms with Crippen LogP contribution in [0.1, 0.15) is 57.8 Å². The van der Waals surface area contributed by atoms with Crippen molar-refractivity contribution in [3.63, 3.8) is 0 Å². The first kappa shape index (κ1) is 19.0. The smallest absolute Gasteiger partial charge is 0.223 e. The highest BCUT2D eigenvalue weighted by Crippen LogP contribution is 2.23. The van der Waals surface area contributed by atoms with Crippen molar-refractivity contribution in [1.82, 2.24) is 15.5 Å². The minimum atomic E-state index is 0. The molecule has 1 amide bonds. The van der Waals surface area contributed by atoms with Gasteiger partial charge in [-0.05, 0) is 70.6 Å². The molecular formula is C18H34ClN3O. The lowest BCUT2D eigenvalue weighted by molar-refractivity contribution is -0.127. The van der Waals surface area contributed by atoms with Crippen molar-refractivity contribution in [2.24, 2.45) is 11.8 Å². The Morgan fingerprint density at radius 3 is 2.26 bits per heavy atom. The second-order valence-corrected chi connectivity index (χ2v) is 7.61. The van der Waals surface area contributed by atoms with Gasteiger partial charge in [-0.2, -0.15) is 0 Å². The van der Waals surface area contributed by atoms with Crippen LogP contribution in [-0.2, 0) is 4.79 Å². The van der Waals surface area contributed by atoms with Gasteiger partial charge in [0.2, 0.25) is 5.91 Å². The first-order valence-corrected chi connectivity index (χ1v) is 9.55. The summed E-state index contributed by atoms with van der Waals surface area (Å²) >= 11 is 0. The molecule has 3 fully saturated rings. The number of likely N-dealkylation sites (tertiary alicyclic amines) is 1. The highest BCUT2D eigenvalue weighted by molar-refractivity contribution is 5.85. The van der Waals surface area contributed by atoms with E-state index in [9.17, 15) is 4.79 Å². The third kappa shape index (κ3) is 5.91. The number of amides is 1. The van der Waals surface area contributed by atoms with Crippen LogP contribution in [0.5, 0.6) is 0 Å². The fourth-order valence-corrected chi connectivity index (χ4v) is 4.37. The summed E-state index contributed by atoms with van der Waals surface area (Å²) in [5.41, 5.74) is 0. The molecule has 0 bridgehead atoms. The molecule has 3 aliphatic rings. The Balaban J connectivity index is 0.00000192. The van der Waals surface area contributed by atoms with Gasteiger partial charge in [-0.1, -0.05) is 19.3 Å². The number of piperidine rings is 2. The number of carbonyl (C=O) groups is 1. The van der Waals surface area contributed by atoms with Crippen molar-refractivity contribution < 1.29 is 4.79 Å². The second-order valence-electron chi connectivity index (χ2n) is 7.61. The number of nitrogens with one attached hydrogen (secondary N) is 2. The van der Waals surface area contributed by atoms with E-state index >= 15 is 0 Å². The first-order chi connectivity index (χ1) is 10.8. The lowest BCUT2D eigenvalue weighted by atomic mass is 9.91. The van der Waals surface area contributed by atoms with E-state index in [-0.39, 0.29) is 18.3 Å². The molecular weight excluding hydrogens is 310 g/mol. The molecule has 2 heterocycles. The van der Waals surface area contributed by atoms with Gasteiger partial charge in [0.25, 0.3) is 0 Å². The third-order valence-corrected chi connectivity index (χ3v) is 5.89. The Morgan fingerprint density at radius 1 is 0.957 bits per heavy atom. The molecule has 3 rings (SSSR count). The number of carbonyl (C=O) groups excluding carboxylic acids is 1. The molecule has 0 spiro atoms. The Hall–Kier alpha value is -0.320. The molecule has 23 heavy (non-hydrogen) atoms. The molecule has 2 N–H and O–H groups in total. The standard InChI is InChI=1S/C18H33N3O.ClH/c22-18(20-17-4-2-1-3-5-17)16-8-12-21(13-9-16)14-15-6-10-19-11-7-15;/h15-17,19H,1-14H2,(H,20,22);1H. The van der Waals surface area contributed by atoms with Crippen molar-refractivity contribution >= 4 is 18.3 Å². The number of halogens is 1. The van der Waals surface area contributed by atoms with Gasteiger partial charge in [0.1, 0.15) is 0 Å². The molecule has 0 aromatic rings. The van der Waals surface area contributed by atoms with Crippen molar-refractivity contribution in [3.8, 4) is 0 Å². The minimum Gasteiger partial charge on any atom is -0.353 e. The topological polar surface area (TPSA) is 44.4 Å². The zero-order valence-electron chi connectivity index (χ0n) is 14.4. The summed E-state index contributed by atoms with van der Waals surface area (Å²) in [5, 5.41) is 6.76. The van der Waals surface area contributed by atoms with Crippen LogP contribution in [0.4, 0.5) is 0 Å². The molecule has 2 saturated heterocycles. The minimum absolute atomic E-state index is 0. The number of rotatable bonds is 4. The van der Waals surface area contributed by atoms with Crippen LogP contribution >= 0.6 is 12.4 Å². The highest BCUT2D eigenvalue weighted by Gasteiger charge is 2.28. The first-order valence-electron chi connectivity index (χ1n) is 9.55. The molecule has 5 heteroatoms. The Morgan fingerprint density at radius 2 is 1.61 bits per heavy atom. The fraction of sp³-hybridized carbons (Fsp3) is 0.944. The monoisotopic (exact) mass is 343 g/mol. The van der Waals surface area contributed by atoms with Crippen molar-refractivity contribution in [2.45, 2.75) is 63.8 Å². The zero-order chi connectivity index (χ0) is 15.2. The van der Waals surface area contributed by atoms with Gasteiger partial charge in [-0.25, -0.2) is 0 Å². The Labute approximate surface area is 147 Å². The van der Waals surface area contributed by atoms with Gasteiger partial charge in [-0.3, -0.25) is 4.79 Å². The van der Waals surface area contributed by atoms with Crippen LogP contribution in [0.2, 0.25) is 0 Å². The highest BCUT2D eigenvalue weighted by atomic mass is 35.5. The molecule has 2 aliphatic heterocycles. The van der Waals surface area contributed by atoms with Crippen molar-refractivity contribution in [3.05, 3.63) is 0 Å². The van der Waals surface area contributed by atoms with E-state index < -0.39 is 0 Å². The van der Waals surface area contributed by atoms with Crippen LogP contribution in [0.3, 0.4) is 0 Å². The molecule has 0 aromatic heterocycles. The summed E-state index contributed by atoms with van der Waals surface area (Å²) in [5.74, 6) is 1.48. The van der Waals surface area contributed by atoms with Gasteiger partial charge in [0.05, 0.1) is 0 Å². The maximum atomic E-state index is 12.4. The van der Waals surface area contributed by atoms with Crippen LogP contribution in [0.25, 0.3) is 0 Å². The SMILES string of the molecule is Cl.O=C(NC1CCCCC1)C1CCN(CC2CCNCC2)CC1. The predicted molar refractivity (Wildman–Crippen MR) is 97.0 cm³/mol. The van der Waals surface area contributed by atoms with Crippen LogP contribution < -0.4 is 10.6 Å². The van der Waals surface area contributed by atoms with Gasteiger partial charge >= 0.3 is 0 Å². The van der Waals surface area contributed by atoms with E-state index in [1.807, 2.05) is 0 Å². The molecule has 1 saturated carbocycles. The summed E-state index contributed by atoms with van der Waals surface area (Å²) in [6.45, 7) is 5.86. The van der Waals surface area contributed by atoms with E-state index in [0.717, 1.165) is 31.8 Å². The number of hydrogen-bond donors (Lipinski definition) is 2. The summed E-state index contributed by atoms with van der Waals surface area (Å²) in [6.07, 6.45) is 11.1. The summed E-state index contributed by atoms with van der Waals surface area (Å²) in [6, 6.07) is 0.467. The normalized spacial score (nSPS) is 25.7. The lowest BCUT2D eigenvalue weighted by Gasteiger charge is -2.35. The molecule has 0 radical (unpaired) electrons. The largest absolute Gasteiger partial charge is 0.353 e. The van der Waals surface area contributed by atoms with Crippen molar-refractivity contribution in [1.29, 1.82) is 0 Å². The van der Waals surface area contributed by atoms with Gasteiger partial charge in [0.15, 0.2) is 0 Å². The summed E-state index contributed by atoms with van der Waals surface area (Å²) in [4.78, 5) is 15.0.